The molecule has 0 saturated carbocycles. The van der Waals surface area contributed by atoms with E-state index in [1.54, 1.807) is 38.1 Å². The summed E-state index contributed by atoms with van der Waals surface area (Å²) in [5.74, 6) is -0.396. The minimum atomic E-state index is -0.853. The predicted octanol–water partition coefficient (Wildman–Crippen LogP) is 1.92. The molecule has 0 fully saturated rings. The van der Waals surface area contributed by atoms with Gasteiger partial charge in [-0.3, -0.25) is 4.79 Å². The first-order valence-corrected chi connectivity index (χ1v) is 6.91. The molecular formula is C15H21NO5. The highest BCUT2D eigenvalue weighted by Crippen LogP contribution is 2.13. The van der Waals surface area contributed by atoms with E-state index in [1.165, 1.54) is 0 Å². The summed E-state index contributed by atoms with van der Waals surface area (Å²) in [6.07, 6.45) is -0.419. The SMILES string of the molecule is CCOC(=O)C(CC)OC(=O)CCOc1ccc(N)cc1. The van der Waals surface area contributed by atoms with Gasteiger partial charge >= 0.3 is 11.9 Å². The van der Waals surface area contributed by atoms with Gasteiger partial charge in [0.2, 0.25) is 0 Å². The summed E-state index contributed by atoms with van der Waals surface area (Å²) in [6, 6.07) is 6.85. The lowest BCUT2D eigenvalue weighted by molar-refractivity contribution is -0.168. The van der Waals surface area contributed by atoms with Crippen molar-refractivity contribution in [3.63, 3.8) is 0 Å². The fourth-order valence-electron chi connectivity index (χ4n) is 1.57. The Morgan fingerprint density at radius 1 is 1.19 bits per heavy atom. The fraction of sp³-hybridized carbons (Fsp3) is 0.467. The smallest absolute Gasteiger partial charge is 0.347 e. The summed E-state index contributed by atoms with van der Waals surface area (Å²) in [5, 5.41) is 0. The van der Waals surface area contributed by atoms with Crippen LogP contribution in [0.15, 0.2) is 24.3 Å². The Hall–Kier alpha value is -2.24. The normalized spacial score (nSPS) is 11.5. The van der Waals surface area contributed by atoms with Crippen molar-refractivity contribution in [2.24, 2.45) is 0 Å². The highest BCUT2D eigenvalue weighted by atomic mass is 16.6. The maximum absolute atomic E-state index is 11.6. The molecule has 0 aliphatic carbocycles. The molecule has 0 aliphatic rings. The molecule has 1 aromatic carbocycles. The average molecular weight is 295 g/mol. The van der Waals surface area contributed by atoms with E-state index in [2.05, 4.69) is 0 Å². The third-order valence-corrected chi connectivity index (χ3v) is 2.65. The molecule has 0 spiro atoms. The van der Waals surface area contributed by atoms with Gasteiger partial charge in [-0.25, -0.2) is 4.79 Å². The summed E-state index contributed by atoms with van der Waals surface area (Å²) in [7, 11) is 0. The van der Waals surface area contributed by atoms with Crippen molar-refractivity contribution in [1.82, 2.24) is 0 Å². The van der Waals surface area contributed by atoms with E-state index in [-0.39, 0.29) is 19.6 Å². The number of nitrogens with two attached hydrogens (primary N) is 1. The fourth-order valence-corrected chi connectivity index (χ4v) is 1.57. The quantitative estimate of drug-likeness (QED) is 0.582. The van der Waals surface area contributed by atoms with Crippen molar-refractivity contribution in [3.05, 3.63) is 24.3 Å². The lowest BCUT2D eigenvalue weighted by Crippen LogP contribution is -2.29. The minimum absolute atomic E-state index is 0.0558. The number of carbonyl (C=O) groups excluding carboxylic acids is 2. The third-order valence-electron chi connectivity index (χ3n) is 2.65. The molecule has 1 rings (SSSR count). The lowest BCUT2D eigenvalue weighted by Gasteiger charge is -2.14. The summed E-state index contributed by atoms with van der Waals surface area (Å²) >= 11 is 0. The zero-order chi connectivity index (χ0) is 15.7. The number of hydrogen-bond donors (Lipinski definition) is 1. The summed E-state index contributed by atoms with van der Waals surface area (Å²) in [4.78, 5) is 23.1. The van der Waals surface area contributed by atoms with Crippen molar-refractivity contribution in [2.75, 3.05) is 18.9 Å². The molecule has 6 heteroatoms. The van der Waals surface area contributed by atoms with Crippen molar-refractivity contribution < 1.29 is 23.8 Å². The molecular weight excluding hydrogens is 274 g/mol. The number of ether oxygens (including phenoxy) is 3. The molecule has 0 bridgehead atoms. The van der Waals surface area contributed by atoms with Gasteiger partial charge in [0.15, 0.2) is 6.10 Å². The van der Waals surface area contributed by atoms with Crippen LogP contribution in [0.4, 0.5) is 5.69 Å². The number of nitrogen functional groups attached to an aromatic ring is 1. The second-order valence-corrected chi connectivity index (χ2v) is 4.31. The highest BCUT2D eigenvalue weighted by Gasteiger charge is 2.22. The number of benzene rings is 1. The van der Waals surface area contributed by atoms with E-state index in [9.17, 15) is 9.59 Å². The Labute approximate surface area is 124 Å². The molecule has 2 N–H and O–H groups in total. The van der Waals surface area contributed by atoms with Crippen LogP contribution in [0.3, 0.4) is 0 Å². The van der Waals surface area contributed by atoms with Gasteiger partial charge in [-0.15, -0.1) is 0 Å². The number of hydrogen-bond acceptors (Lipinski definition) is 6. The van der Waals surface area contributed by atoms with Crippen LogP contribution >= 0.6 is 0 Å². The van der Waals surface area contributed by atoms with Gasteiger partial charge in [0, 0.05) is 5.69 Å². The van der Waals surface area contributed by atoms with E-state index in [0.717, 1.165) is 0 Å². The topological polar surface area (TPSA) is 87.8 Å². The van der Waals surface area contributed by atoms with Gasteiger partial charge in [-0.2, -0.15) is 0 Å². The van der Waals surface area contributed by atoms with Crippen LogP contribution < -0.4 is 10.5 Å². The van der Waals surface area contributed by atoms with Gasteiger partial charge in [-0.05, 0) is 37.6 Å². The Kier molecular flexibility index (Phi) is 7.08. The zero-order valence-corrected chi connectivity index (χ0v) is 12.3. The number of carbonyl (C=O) groups is 2. The van der Waals surface area contributed by atoms with Crippen LogP contribution in [-0.2, 0) is 19.1 Å². The minimum Gasteiger partial charge on any atom is -0.493 e. The highest BCUT2D eigenvalue weighted by molar-refractivity contribution is 5.79. The molecule has 1 atom stereocenters. The first-order valence-electron chi connectivity index (χ1n) is 6.91. The lowest BCUT2D eigenvalue weighted by atomic mass is 10.3. The Balaban J connectivity index is 2.32. The summed E-state index contributed by atoms with van der Waals surface area (Å²) in [6.45, 7) is 3.88. The summed E-state index contributed by atoms with van der Waals surface area (Å²) < 4.78 is 15.3. The van der Waals surface area contributed by atoms with Crippen molar-refractivity contribution >= 4 is 17.6 Å². The molecule has 0 heterocycles. The molecule has 116 valence electrons. The van der Waals surface area contributed by atoms with Crippen LogP contribution in [0.5, 0.6) is 5.75 Å². The summed E-state index contributed by atoms with van der Waals surface area (Å²) in [5.41, 5.74) is 6.19. The Morgan fingerprint density at radius 3 is 2.43 bits per heavy atom. The van der Waals surface area contributed by atoms with E-state index >= 15 is 0 Å². The van der Waals surface area contributed by atoms with Crippen LogP contribution in [0.25, 0.3) is 0 Å². The molecule has 0 aromatic heterocycles. The van der Waals surface area contributed by atoms with Gasteiger partial charge in [-0.1, -0.05) is 6.92 Å². The second-order valence-electron chi connectivity index (χ2n) is 4.31. The molecule has 0 saturated heterocycles. The average Bonchev–Trinajstić information content (AvgIpc) is 2.47. The Bertz CT molecular complexity index is 458. The van der Waals surface area contributed by atoms with Crippen molar-refractivity contribution in [2.45, 2.75) is 32.8 Å². The number of anilines is 1. The maximum Gasteiger partial charge on any atom is 0.347 e. The molecule has 0 amide bonds. The van der Waals surface area contributed by atoms with Crippen molar-refractivity contribution in [3.8, 4) is 5.75 Å². The van der Waals surface area contributed by atoms with E-state index < -0.39 is 18.0 Å². The van der Waals surface area contributed by atoms with Crippen LogP contribution in [0.1, 0.15) is 26.7 Å². The Morgan fingerprint density at radius 2 is 1.86 bits per heavy atom. The van der Waals surface area contributed by atoms with Gasteiger partial charge in [0.05, 0.1) is 19.6 Å². The maximum atomic E-state index is 11.6. The molecule has 1 unspecified atom stereocenters. The van der Waals surface area contributed by atoms with Crippen LogP contribution in [0, 0.1) is 0 Å². The second kappa shape index (κ2) is 8.84. The van der Waals surface area contributed by atoms with Gasteiger partial charge < -0.3 is 19.9 Å². The first-order chi connectivity index (χ1) is 10.1. The molecule has 1 aromatic rings. The molecule has 0 radical (unpaired) electrons. The largest absolute Gasteiger partial charge is 0.493 e. The third kappa shape index (κ3) is 6.16. The first kappa shape index (κ1) is 16.8. The molecule has 21 heavy (non-hydrogen) atoms. The standard InChI is InChI=1S/C15H21NO5/c1-3-13(15(18)19-4-2)21-14(17)9-10-20-12-7-5-11(16)6-8-12/h5-8,13H,3-4,9-10,16H2,1-2H3. The van der Waals surface area contributed by atoms with Crippen molar-refractivity contribution in [1.29, 1.82) is 0 Å². The molecule has 6 nitrogen and oxygen atoms in total. The zero-order valence-electron chi connectivity index (χ0n) is 12.3. The monoisotopic (exact) mass is 295 g/mol. The predicted molar refractivity (Wildman–Crippen MR) is 77.8 cm³/mol. The van der Waals surface area contributed by atoms with Crippen LogP contribution in [0.2, 0.25) is 0 Å². The molecule has 0 aliphatic heterocycles. The van der Waals surface area contributed by atoms with E-state index in [0.29, 0.717) is 17.9 Å². The van der Waals surface area contributed by atoms with Gasteiger partial charge in [0.1, 0.15) is 5.75 Å². The van der Waals surface area contributed by atoms with Crippen LogP contribution in [-0.4, -0.2) is 31.3 Å². The number of rotatable bonds is 8. The van der Waals surface area contributed by atoms with E-state index in [1.807, 2.05) is 0 Å². The number of esters is 2. The van der Waals surface area contributed by atoms with Gasteiger partial charge in [0.25, 0.3) is 0 Å². The van der Waals surface area contributed by atoms with E-state index in [4.69, 9.17) is 19.9 Å².